The van der Waals surface area contributed by atoms with E-state index in [0.717, 1.165) is 12.0 Å². The van der Waals surface area contributed by atoms with Gasteiger partial charge in [-0.1, -0.05) is 19.1 Å². The van der Waals surface area contributed by atoms with Gasteiger partial charge in [0.2, 0.25) is 0 Å². The number of nitrogens with zero attached hydrogens (tertiary/aromatic N) is 2. The summed E-state index contributed by atoms with van der Waals surface area (Å²) >= 11 is 0. The van der Waals surface area contributed by atoms with E-state index in [2.05, 4.69) is 4.98 Å². The predicted octanol–water partition coefficient (Wildman–Crippen LogP) is 1.98. The van der Waals surface area contributed by atoms with Crippen LogP contribution in [0.15, 0.2) is 41.5 Å². The lowest BCUT2D eigenvalue weighted by Crippen LogP contribution is -2.21. The molecule has 0 saturated heterocycles. The summed E-state index contributed by atoms with van der Waals surface area (Å²) < 4.78 is 7.11. The van der Waals surface area contributed by atoms with Crippen LogP contribution in [0.25, 0.3) is 0 Å². The Morgan fingerprint density at radius 3 is 2.70 bits per heavy atom. The van der Waals surface area contributed by atoms with E-state index >= 15 is 0 Å². The summed E-state index contributed by atoms with van der Waals surface area (Å²) in [6, 6.07) is 7.25. The molecule has 106 valence electrons. The number of hydrogen-bond donors (Lipinski definition) is 1. The molecule has 5 heteroatoms. The van der Waals surface area contributed by atoms with Gasteiger partial charge in [0.1, 0.15) is 5.75 Å². The average molecular weight is 274 g/mol. The maximum Gasteiger partial charge on any atom is 0.313 e. The van der Waals surface area contributed by atoms with Crippen LogP contribution in [0.5, 0.6) is 11.6 Å². The van der Waals surface area contributed by atoms with E-state index in [1.165, 1.54) is 0 Å². The Hall–Kier alpha value is -2.14. The van der Waals surface area contributed by atoms with E-state index in [9.17, 15) is 4.79 Å². The van der Waals surface area contributed by atoms with Crippen LogP contribution in [0.3, 0.4) is 0 Å². The summed E-state index contributed by atoms with van der Waals surface area (Å²) in [5.41, 5.74) is 0.790. The fourth-order valence-electron chi connectivity index (χ4n) is 1.88. The molecule has 0 saturated carbocycles. The Labute approximate surface area is 117 Å². The van der Waals surface area contributed by atoms with E-state index in [1.54, 1.807) is 29.1 Å². The standard InChI is InChI=1S/C15H18N2O3/c1-2-9-17-10-8-16-14(15(17)19)20-13-5-3-12(4-6-13)7-11-18/h3-6,8,10,18H,2,7,9,11H2,1H3. The van der Waals surface area contributed by atoms with Gasteiger partial charge in [0, 0.05) is 25.5 Å². The van der Waals surface area contributed by atoms with Gasteiger partial charge in [0.15, 0.2) is 0 Å². The third kappa shape index (κ3) is 3.45. The predicted molar refractivity (Wildman–Crippen MR) is 76.1 cm³/mol. The summed E-state index contributed by atoms with van der Waals surface area (Å²) in [6.45, 7) is 2.77. The van der Waals surface area contributed by atoms with E-state index < -0.39 is 0 Å². The molecule has 0 bridgehead atoms. The van der Waals surface area contributed by atoms with Crippen LogP contribution in [0, 0.1) is 0 Å². The highest BCUT2D eigenvalue weighted by molar-refractivity contribution is 5.30. The van der Waals surface area contributed by atoms with Gasteiger partial charge >= 0.3 is 5.56 Å². The van der Waals surface area contributed by atoms with Crippen molar-refractivity contribution in [2.75, 3.05) is 6.61 Å². The van der Waals surface area contributed by atoms with Crippen LogP contribution in [0.1, 0.15) is 18.9 Å². The Morgan fingerprint density at radius 2 is 2.05 bits per heavy atom. The molecule has 0 amide bonds. The normalized spacial score (nSPS) is 10.5. The van der Waals surface area contributed by atoms with Crippen LogP contribution in [-0.4, -0.2) is 21.3 Å². The Balaban J connectivity index is 2.17. The SMILES string of the molecule is CCCn1ccnc(Oc2ccc(CCO)cc2)c1=O. The summed E-state index contributed by atoms with van der Waals surface area (Å²) in [5.74, 6) is 0.640. The molecular weight excluding hydrogens is 256 g/mol. The number of aliphatic hydroxyl groups is 1. The first-order valence-electron chi connectivity index (χ1n) is 6.67. The summed E-state index contributed by atoms with van der Waals surface area (Å²) in [5, 5.41) is 8.86. The molecule has 1 aromatic heterocycles. The number of aryl methyl sites for hydroxylation is 1. The van der Waals surface area contributed by atoms with Gasteiger partial charge < -0.3 is 14.4 Å². The maximum absolute atomic E-state index is 12.1. The minimum Gasteiger partial charge on any atom is -0.435 e. The second-order valence-electron chi connectivity index (χ2n) is 4.45. The van der Waals surface area contributed by atoms with Crippen molar-refractivity contribution in [3.63, 3.8) is 0 Å². The molecule has 0 unspecified atom stereocenters. The minimum absolute atomic E-state index is 0.0795. The molecule has 0 aliphatic heterocycles. The number of benzene rings is 1. The lowest BCUT2D eigenvalue weighted by molar-refractivity contribution is 0.299. The van der Waals surface area contributed by atoms with Gasteiger partial charge in [-0.3, -0.25) is 4.79 Å². The van der Waals surface area contributed by atoms with Crippen LogP contribution >= 0.6 is 0 Å². The molecule has 20 heavy (non-hydrogen) atoms. The first-order valence-corrected chi connectivity index (χ1v) is 6.67. The van der Waals surface area contributed by atoms with Crippen molar-refractivity contribution < 1.29 is 9.84 Å². The van der Waals surface area contributed by atoms with Crippen molar-refractivity contribution in [1.29, 1.82) is 0 Å². The second-order valence-corrected chi connectivity index (χ2v) is 4.45. The first kappa shape index (κ1) is 14.3. The van der Waals surface area contributed by atoms with Gasteiger partial charge in [-0.15, -0.1) is 0 Å². The molecular formula is C15H18N2O3. The molecule has 2 aromatic rings. The fraction of sp³-hybridized carbons (Fsp3) is 0.333. The van der Waals surface area contributed by atoms with Gasteiger partial charge in [-0.05, 0) is 30.5 Å². The molecule has 1 N–H and O–H groups in total. The molecule has 0 fully saturated rings. The van der Waals surface area contributed by atoms with Crippen molar-refractivity contribution in [2.24, 2.45) is 0 Å². The lowest BCUT2D eigenvalue weighted by atomic mass is 10.1. The highest BCUT2D eigenvalue weighted by atomic mass is 16.5. The summed E-state index contributed by atoms with van der Waals surface area (Å²) in [6.07, 6.45) is 4.70. The smallest absolute Gasteiger partial charge is 0.313 e. The van der Waals surface area contributed by atoms with E-state index in [1.807, 2.05) is 19.1 Å². The molecule has 1 heterocycles. The largest absolute Gasteiger partial charge is 0.435 e. The third-order valence-corrected chi connectivity index (χ3v) is 2.89. The molecule has 2 rings (SSSR count). The number of ether oxygens (including phenoxy) is 1. The summed E-state index contributed by atoms with van der Waals surface area (Å²) in [7, 11) is 0. The monoisotopic (exact) mass is 274 g/mol. The number of rotatable bonds is 6. The average Bonchev–Trinajstić information content (AvgIpc) is 2.46. The van der Waals surface area contributed by atoms with E-state index in [-0.39, 0.29) is 18.0 Å². The number of aromatic nitrogens is 2. The molecule has 5 nitrogen and oxygen atoms in total. The van der Waals surface area contributed by atoms with Crippen LogP contribution in [-0.2, 0) is 13.0 Å². The molecule has 0 spiro atoms. The zero-order valence-corrected chi connectivity index (χ0v) is 11.5. The lowest BCUT2D eigenvalue weighted by Gasteiger charge is -2.07. The van der Waals surface area contributed by atoms with E-state index in [4.69, 9.17) is 9.84 Å². The fourth-order valence-corrected chi connectivity index (χ4v) is 1.88. The van der Waals surface area contributed by atoms with Crippen molar-refractivity contribution >= 4 is 0 Å². The number of aliphatic hydroxyl groups excluding tert-OH is 1. The van der Waals surface area contributed by atoms with E-state index in [0.29, 0.717) is 18.7 Å². The van der Waals surface area contributed by atoms with Gasteiger partial charge in [-0.25, -0.2) is 4.98 Å². The Kier molecular flexibility index (Phi) is 4.90. The second kappa shape index (κ2) is 6.86. The quantitative estimate of drug-likeness (QED) is 0.874. The first-order chi connectivity index (χ1) is 9.74. The van der Waals surface area contributed by atoms with Crippen LogP contribution in [0.2, 0.25) is 0 Å². The highest BCUT2D eigenvalue weighted by Gasteiger charge is 2.07. The molecule has 0 atom stereocenters. The summed E-state index contributed by atoms with van der Waals surface area (Å²) in [4.78, 5) is 16.1. The molecule has 0 radical (unpaired) electrons. The zero-order valence-electron chi connectivity index (χ0n) is 11.5. The van der Waals surface area contributed by atoms with Crippen molar-refractivity contribution in [3.8, 4) is 11.6 Å². The topological polar surface area (TPSA) is 64.3 Å². The third-order valence-electron chi connectivity index (χ3n) is 2.89. The van der Waals surface area contributed by atoms with Crippen molar-refractivity contribution in [1.82, 2.24) is 9.55 Å². The van der Waals surface area contributed by atoms with Gasteiger partial charge in [0.05, 0.1) is 0 Å². The van der Waals surface area contributed by atoms with Gasteiger partial charge in [-0.2, -0.15) is 0 Å². The minimum atomic E-state index is -0.228. The maximum atomic E-state index is 12.1. The van der Waals surface area contributed by atoms with Crippen LogP contribution < -0.4 is 10.3 Å². The Bertz CT molecular complexity index is 605. The van der Waals surface area contributed by atoms with Crippen molar-refractivity contribution in [2.45, 2.75) is 26.3 Å². The van der Waals surface area contributed by atoms with Gasteiger partial charge in [0.25, 0.3) is 5.88 Å². The van der Waals surface area contributed by atoms with Crippen LogP contribution in [0.4, 0.5) is 0 Å². The Morgan fingerprint density at radius 1 is 1.30 bits per heavy atom. The zero-order chi connectivity index (χ0) is 14.4. The van der Waals surface area contributed by atoms with Crippen molar-refractivity contribution in [3.05, 3.63) is 52.6 Å². The molecule has 1 aromatic carbocycles. The highest BCUT2D eigenvalue weighted by Crippen LogP contribution is 2.17. The molecule has 0 aliphatic rings. The molecule has 0 aliphatic carbocycles. The number of hydrogen-bond acceptors (Lipinski definition) is 4.